The molecule has 0 radical (unpaired) electrons. The topological polar surface area (TPSA) is 75.1 Å². The Kier molecular flexibility index (Phi) is 3.50. The van der Waals surface area contributed by atoms with Crippen molar-refractivity contribution in [2.24, 2.45) is 0 Å². The van der Waals surface area contributed by atoms with E-state index in [2.05, 4.69) is 0 Å². The molecule has 0 atom stereocenters. The molecule has 5 nitrogen and oxygen atoms in total. The number of nitrogens with zero attached hydrogens (tertiary/aromatic N) is 1. The van der Waals surface area contributed by atoms with Crippen molar-refractivity contribution in [3.8, 4) is 5.88 Å². The summed E-state index contributed by atoms with van der Waals surface area (Å²) in [7, 11) is 0. The lowest BCUT2D eigenvalue weighted by Crippen LogP contribution is -2.32. The third-order valence-electron chi connectivity index (χ3n) is 2.98. The second kappa shape index (κ2) is 5.09. The maximum atomic E-state index is 13.2. The second-order valence-electron chi connectivity index (χ2n) is 4.22. The van der Waals surface area contributed by atoms with Gasteiger partial charge in [0.15, 0.2) is 0 Å². The average molecular weight is 264 g/mol. The number of hydrogen-bond acceptors (Lipinski definition) is 3. The van der Waals surface area contributed by atoms with Crippen molar-refractivity contribution in [2.75, 3.05) is 0 Å². The maximum Gasteiger partial charge on any atom is 0.331 e. The number of nitrogens with one attached hydrogen (secondary N) is 1. The molecule has 6 heteroatoms. The maximum absolute atomic E-state index is 13.2. The van der Waals surface area contributed by atoms with Crippen molar-refractivity contribution in [3.05, 3.63) is 62.0 Å². The van der Waals surface area contributed by atoms with E-state index in [-0.39, 0.29) is 6.54 Å². The smallest absolute Gasteiger partial charge is 0.331 e. The minimum atomic E-state index is -1.34. The fourth-order valence-corrected chi connectivity index (χ4v) is 1.87. The highest BCUT2D eigenvalue weighted by Gasteiger charge is 2.13. The fraction of sp³-hybridized carbons (Fsp3) is 0.231. The molecule has 2 N–H and O–H groups in total. The van der Waals surface area contributed by atoms with Gasteiger partial charge in [0.25, 0.3) is 5.56 Å². The van der Waals surface area contributed by atoms with Crippen LogP contribution in [0.5, 0.6) is 5.88 Å². The third-order valence-corrected chi connectivity index (χ3v) is 2.98. The Morgan fingerprint density at radius 1 is 1.32 bits per heavy atom. The molecule has 1 heterocycles. The predicted octanol–water partition coefficient (Wildman–Crippen LogP) is 0.932. The molecule has 1 aromatic carbocycles. The van der Waals surface area contributed by atoms with Gasteiger partial charge in [0.2, 0.25) is 11.7 Å². The van der Waals surface area contributed by atoms with Gasteiger partial charge < -0.3 is 5.11 Å². The molecule has 0 amide bonds. The largest absolute Gasteiger partial charge is 0.492 e. The van der Waals surface area contributed by atoms with Gasteiger partial charge in [-0.15, -0.1) is 0 Å². The molecule has 0 aliphatic carbocycles. The molecule has 0 spiro atoms. The van der Waals surface area contributed by atoms with Crippen LogP contribution in [0.3, 0.4) is 0 Å². The van der Waals surface area contributed by atoms with E-state index < -0.39 is 22.9 Å². The van der Waals surface area contributed by atoms with Crippen molar-refractivity contribution in [2.45, 2.75) is 19.9 Å². The van der Waals surface area contributed by atoms with E-state index in [1.165, 1.54) is 0 Å². The van der Waals surface area contributed by atoms with E-state index in [1.54, 1.807) is 0 Å². The molecule has 0 unspecified atom stereocenters. The number of aryl methyl sites for hydroxylation is 2. The molecule has 0 bridgehead atoms. The third kappa shape index (κ3) is 2.57. The van der Waals surface area contributed by atoms with Crippen LogP contribution in [-0.4, -0.2) is 14.7 Å². The zero-order valence-electron chi connectivity index (χ0n) is 10.3. The fourth-order valence-electron chi connectivity index (χ4n) is 1.87. The lowest BCUT2D eigenvalue weighted by atomic mass is 10.1. The van der Waals surface area contributed by atoms with E-state index in [0.717, 1.165) is 15.7 Å². The molecule has 100 valence electrons. The summed E-state index contributed by atoms with van der Waals surface area (Å²) < 4.78 is 14.0. The summed E-state index contributed by atoms with van der Waals surface area (Å²) in [4.78, 5) is 24.3. The van der Waals surface area contributed by atoms with Crippen molar-refractivity contribution in [1.29, 1.82) is 0 Å². The van der Waals surface area contributed by atoms with Crippen LogP contribution in [0.4, 0.5) is 4.39 Å². The van der Waals surface area contributed by atoms with Gasteiger partial charge >= 0.3 is 5.69 Å². The van der Waals surface area contributed by atoms with Gasteiger partial charge in [-0.3, -0.25) is 14.3 Å². The Bertz CT molecular complexity index is 719. The first-order chi connectivity index (χ1) is 9.00. The second-order valence-corrected chi connectivity index (χ2v) is 4.22. The summed E-state index contributed by atoms with van der Waals surface area (Å²) in [5.41, 5.74) is -0.00697. The Balaban J connectivity index is 2.31. The Morgan fingerprint density at radius 3 is 2.68 bits per heavy atom. The zero-order valence-corrected chi connectivity index (χ0v) is 10.3. The summed E-state index contributed by atoms with van der Waals surface area (Å²) in [6.45, 7) is 2.01. The molecule has 19 heavy (non-hydrogen) atoms. The standard InChI is InChI=1S/C13H13FN2O3/c1-8-4-2-3-5-9(8)6-7-16-12(18)10(14)11(17)15-13(16)19/h2-5,18H,6-7H2,1H3,(H,15,17,19). The van der Waals surface area contributed by atoms with Crippen LogP contribution >= 0.6 is 0 Å². The first-order valence-electron chi connectivity index (χ1n) is 5.77. The van der Waals surface area contributed by atoms with Crippen molar-refractivity contribution < 1.29 is 9.50 Å². The van der Waals surface area contributed by atoms with Crippen LogP contribution in [0, 0.1) is 12.7 Å². The van der Waals surface area contributed by atoms with Crippen molar-refractivity contribution >= 4 is 0 Å². The Hall–Kier alpha value is -2.37. The van der Waals surface area contributed by atoms with Gasteiger partial charge in [-0.05, 0) is 24.5 Å². The summed E-state index contributed by atoms with van der Waals surface area (Å²) >= 11 is 0. The number of halogens is 1. The van der Waals surface area contributed by atoms with Crippen molar-refractivity contribution in [1.82, 2.24) is 9.55 Å². The predicted molar refractivity (Wildman–Crippen MR) is 67.8 cm³/mol. The van der Waals surface area contributed by atoms with Crippen LogP contribution in [0.15, 0.2) is 33.9 Å². The van der Waals surface area contributed by atoms with E-state index in [9.17, 15) is 19.1 Å². The highest BCUT2D eigenvalue weighted by atomic mass is 19.1. The van der Waals surface area contributed by atoms with Gasteiger partial charge in [0.05, 0.1) is 0 Å². The molecule has 1 aromatic heterocycles. The number of benzene rings is 1. The lowest BCUT2D eigenvalue weighted by molar-refractivity contribution is 0.360. The minimum Gasteiger partial charge on any atom is -0.492 e. The molecule has 0 aliphatic rings. The quantitative estimate of drug-likeness (QED) is 0.866. The van der Waals surface area contributed by atoms with Crippen LogP contribution in [0.25, 0.3) is 0 Å². The molecule has 2 aromatic rings. The molecule has 0 saturated heterocycles. The van der Waals surface area contributed by atoms with Gasteiger partial charge in [-0.1, -0.05) is 24.3 Å². The summed E-state index contributed by atoms with van der Waals surface area (Å²) in [5.74, 6) is -2.27. The molecule has 0 saturated carbocycles. The summed E-state index contributed by atoms with van der Waals surface area (Å²) in [5, 5.41) is 9.47. The number of aromatic amines is 1. The number of hydrogen-bond donors (Lipinski definition) is 2. The minimum absolute atomic E-state index is 0.0865. The van der Waals surface area contributed by atoms with Crippen molar-refractivity contribution in [3.63, 3.8) is 0 Å². The monoisotopic (exact) mass is 264 g/mol. The SMILES string of the molecule is Cc1ccccc1CCn1c(O)c(F)c(=O)[nH]c1=O. The van der Waals surface area contributed by atoms with Gasteiger partial charge in [-0.25, -0.2) is 4.79 Å². The van der Waals surface area contributed by atoms with Crippen LogP contribution in [-0.2, 0) is 13.0 Å². The van der Waals surface area contributed by atoms with Crippen LogP contribution in [0.1, 0.15) is 11.1 Å². The van der Waals surface area contributed by atoms with E-state index in [1.807, 2.05) is 36.2 Å². The van der Waals surface area contributed by atoms with Gasteiger partial charge in [0, 0.05) is 6.54 Å². The van der Waals surface area contributed by atoms with Crippen LogP contribution < -0.4 is 11.2 Å². The number of aromatic nitrogens is 2. The zero-order chi connectivity index (χ0) is 14.0. The highest BCUT2D eigenvalue weighted by Crippen LogP contribution is 2.11. The average Bonchev–Trinajstić information content (AvgIpc) is 2.38. The summed E-state index contributed by atoms with van der Waals surface area (Å²) in [6, 6.07) is 7.56. The lowest BCUT2D eigenvalue weighted by Gasteiger charge is -2.09. The molecular formula is C13H13FN2O3. The normalized spacial score (nSPS) is 10.6. The Morgan fingerprint density at radius 2 is 2.00 bits per heavy atom. The number of rotatable bonds is 3. The Labute approximate surface area is 108 Å². The molecule has 0 fully saturated rings. The first-order valence-corrected chi connectivity index (χ1v) is 5.77. The van der Waals surface area contributed by atoms with E-state index in [0.29, 0.717) is 6.42 Å². The summed E-state index contributed by atoms with van der Waals surface area (Å²) in [6.07, 6.45) is 0.450. The highest BCUT2D eigenvalue weighted by molar-refractivity contribution is 5.25. The number of H-pyrrole nitrogens is 1. The molecule has 2 rings (SSSR count). The van der Waals surface area contributed by atoms with Crippen LogP contribution in [0.2, 0.25) is 0 Å². The van der Waals surface area contributed by atoms with E-state index in [4.69, 9.17) is 0 Å². The number of aromatic hydroxyl groups is 1. The van der Waals surface area contributed by atoms with Gasteiger partial charge in [0.1, 0.15) is 0 Å². The molecular weight excluding hydrogens is 251 g/mol. The van der Waals surface area contributed by atoms with Gasteiger partial charge in [-0.2, -0.15) is 4.39 Å². The molecule has 0 aliphatic heterocycles. The first kappa shape index (κ1) is 13.1. The van der Waals surface area contributed by atoms with E-state index >= 15 is 0 Å².